The molecule has 0 unspecified atom stereocenters. The van der Waals surface area contributed by atoms with Crippen molar-refractivity contribution in [1.29, 1.82) is 0 Å². The van der Waals surface area contributed by atoms with Crippen molar-refractivity contribution in [2.45, 2.75) is 17.9 Å². The van der Waals surface area contributed by atoms with Gasteiger partial charge in [0.15, 0.2) is 0 Å². The molecule has 0 aliphatic rings. The third-order valence-electron chi connectivity index (χ3n) is 3.98. The lowest BCUT2D eigenvalue weighted by molar-refractivity contribution is -0.126. The molecule has 0 bridgehead atoms. The highest BCUT2D eigenvalue weighted by molar-refractivity contribution is 7.98. The van der Waals surface area contributed by atoms with Crippen molar-refractivity contribution in [2.75, 3.05) is 12.8 Å². The number of carbonyl (C=O) groups is 1. The lowest BCUT2D eigenvalue weighted by Crippen LogP contribution is -2.30. The van der Waals surface area contributed by atoms with Gasteiger partial charge in [-0.3, -0.25) is 4.79 Å². The second-order valence-electron chi connectivity index (χ2n) is 5.78. The molecule has 0 fully saturated rings. The summed E-state index contributed by atoms with van der Waals surface area (Å²) in [6, 6.07) is 16.1. The van der Waals surface area contributed by atoms with Crippen molar-refractivity contribution in [3.8, 4) is 0 Å². The second-order valence-corrected chi connectivity index (χ2v) is 7.69. The van der Waals surface area contributed by atoms with Gasteiger partial charge in [0, 0.05) is 22.4 Å². The van der Waals surface area contributed by atoms with Crippen LogP contribution in [0.1, 0.15) is 16.2 Å². The average molecular weight is 384 g/mol. The van der Waals surface area contributed by atoms with E-state index in [0.717, 1.165) is 17.7 Å². The Labute approximate surface area is 162 Å². The number of thiophene rings is 1. The Morgan fingerprint density at radius 2 is 2.04 bits per heavy atom. The van der Waals surface area contributed by atoms with E-state index in [-0.39, 0.29) is 5.91 Å². The van der Waals surface area contributed by atoms with E-state index in [0.29, 0.717) is 13.1 Å². The quantitative estimate of drug-likeness (QED) is 0.388. The maximum absolute atomic E-state index is 12.7. The Balaban J connectivity index is 1.66. The fourth-order valence-corrected chi connectivity index (χ4v) is 3.65. The average Bonchev–Trinajstić information content (AvgIpc) is 3.37. The van der Waals surface area contributed by atoms with Crippen LogP contribution in [0.15, 0.2) is 75.6 Å². The van der Waals surface area contributed by atoms with E-state index in [4.69, 9.17) is 4.42 Å². The molecule has 2 aromatic heterocycles. The summed E-state index contributed by atoms with van der Waals surface area (Å²) in [5.74, 6) is 0.786. The van der Waals surface area contributed by atoms with Crippen LogP contribution in [0, 0.1) is 0 Å². The molecular weight excluding hydrogens is 362 g/mol. The second kappa shape index (κ2) is 9.46. The van der Waals surface area contributed by atoms with Crippen molar-refractivity contribution < 1.29 is 9.21 Å². The van der Waals surface area contributed by atoms with Crippen LogP contribution in [-0.4, -0.2) is 23.6 Å². The molecule has 0 saturated carbocycles. The highest BCUT2D eigenvalue weighted by Gasteiger charge is 2.13. The molecule has 0 saturated heterocycles. The van der Waals surface area contributed by atoms with Gasteiger partial charge in [-0.1, -0.05) is 18.2 Å². The van der Waals surface area contributed by atoms with Crippen LogP contribution in [0.4, 0.5) is 0 Å². The van der Waals surface area contributed by atoms with E-state index >= 15 is 0 Å². The van der Waals surface area contributed by atoms with Crippen LogP contribution in [0.25, 0.3) is 6.08 Å². The Morgan fingerprint density at radius 1 is 1.19 bits per heavy atom. The Hall–Kier alpha value is -2.24. The predicted octanol–water partition coefficient (Wildman–Crippen LogP) is 5.35. The summed E-state index contributed by atoms with van der Waals surface area (Å²) >= 11 is 3.42. The van der Waals surface area contributed by atoms with Gasteiger partial charge in [-0.05, 0) is 60.0 Å². The molecule has 2 heterocycles. The number of carbonyl (C=O) groups excluding carboxylic acids is 1. The normalized spacial score (nSPS) is 11.1. The molecule has 3 aromatic rings. The van der Waals surface area contributed by atoms with Gasteiger partial charge in [0.25, 0.3) is 0 Å². The zero-order valence-corrected chi connectivity index (χ0v) is 16.3. The van der Waals surface area contributed by atoms with Crippen LogP contribution in [0.2, 0.25) is 0 Å². The number of nitrogens with zero attached hydrogens (tertiary/aromatic N) is 1. The number of benzene rings is 1. The molecule has 3 rings (SSSR count). The van der Waals surface area contributed by atoms with Gasteiger partial charge in [0.05, 0.1) is 12.8 Å². The summed E-state index contributed by atoms with van der Waals surface area (Å²) in [5, 5.41) is 2.06. The van der Waals surface area contributed by atoms with E-state index in [1.807, 2.05) is 41.3 Å². The standard InChI is InChI=1S/C21H21NO2S2/c1-25-19-9-6-17(7-10-19)8-11-21(23)22(16-18-4-2-14-24-18)13-12-20-5-3-15-26-20/h2-11,14-15H,12-13,16H2,1H3. The van der Waals surface area contributed by atoms with Gasteiger partial charge in [-0.15, -0.1) is 23.1 Å². The van der Waals surface area contributed by atoms with Gasteiger partial charge in [-0.25, -0.2) is 0 Å². The topological polar surface area (TPSA) is 33.5 Å². The summed E-state index contributed by atoms with van der Waals surface area (Å²) in [5.41, 5.74) is 1.02. The minimum Gasteiger partial charge on any atom is -0.467 e. The number of furan rings is 1. The molecule has 0 N–H and O–H groups in total. The van der Waals surface area contributed by atoms with Gasteiger partial charge in [0.1, 0.15) is 5.76 Å². The van der Waals surface area contributed by atoms with Crippen LogP contribution in [-0.2, 0) is 17.8 Å². The molecule has 0 spiro atoms. The van der Waals surface area contributed by atoms with Crippen LogP contribution in [0.3, 0.4) is 0 Å². The number of rotatable bonds is 8. The lowest BCUT2D eigenvalue weighted by Gasteiger charge is -2.19. The fourth-order valence-electron chi connectivity index (χ4n) is 2.55. The van der Waals surface area contributed by atoms with E-state index in [1.165, 1.54) is 9.77 Å². The first kappa shape index (κ1) is 18.5. The first-order valence-electron chi connectivity index (χ1n) is 8.40. The third kappa shape index (κ3) is 5.38. The third-order valence-corrected chi connectivity index (χ3v) is 5.66. The first-order chi connectivity index (χ1) is 12.7. The highest BCUT2D eigenvalue weighted by Crippen LogP contribution is 2.16. The SMILES string of the molecule is CSc1ccc(C=CC(=O)N(CCc2cccs2)Cc2ccco2)cc1. The van der Waals surface area contributed by atoms with Gasteiger partial charge in [0.2, 0.25) is 5.91 Å². The Bertz CT molecular complexity index is 822. The summed E-state index contributed by atoms with van der Waals surface area (Å²) < 4.78 is 5.42. The zero-order valence-electron chi connectivity index (χ0n) is 14.6. The van der Waals surface area contributed by atoms with E-state index < -0.39 is 0 Å². The van der Waals surface area contributed by atoms with E-state index in [9.17, 15) is 4.79 Å². The molecule has 3 nitrogen and oxygen atoms in total. The summed E-state index contributed by atoms with van der Waals surface area (Å²) in [6.45, 7) is 1.14. The molecule has 134 valence electrons. The van der Waals surface area contributed by atoms with E-state index in [2.05, 4.69) is 29.8 Å². The van der Waals surface area contributed by atoms with Gasteiger partial charge in [-0.2, -0.15) is 0 Å². The largest absolute Gasteiger partial charge is 0.467 e. The van der Waals surface area contributed by atoms with Crippen LogP contribution in [0.5, 0.6) is 0 Å². The van der Waals surface area contributed by atoms with E-state index in [1.54, 1.807) is 35.4 Å². The van der Waals surface area contributed by atoms with Crippen molar-refractivity contribution in [2.24, 2.45) is 0 Å². The number of hydrogen-bond donors (Lipinski definition) is 0. The number of thioether (sulfide) groups is 1. The molecular formula is C21H21NO2S2. The number of hydrogen-bond acceptors (Lipinski definition) is 4. The minimum atomic E-state index is -0.00750. The number of amides is 1. The fraction of sp³-hybridized carbons (Fsp3) is 0.190. The monoisotopic (exact) mass is 383 g/mol. The molecule has 0 aliphatic carbocycles. The molecule has 1 amide bonds. The van der Waals surface area contributed by atoms with Crippen LogP contribution >= 0.6 is 23.1 Å². The summed E-state index contributed by atoms with van der Waals surface area (Å²) in [7, 11) is 0. The predicted molar refractivity (Wildman–Crippen MR) is 109 cm³/mol. The molecule has 5 heteroatoms. The molecule has 0 aliphatic heterocycles. The maximum atomic E-state index is 12.7. The van der Waals surface area contributed by atoms with Crippen molar-refractivity contribution >= 4 is 35.1 Å². The summed E-state index contributed by atoms with van der Waals surface area (Å²) in [4.78, 5) is 17.0. The molecule has 0 atom stereocenters. The summed E-state index contributed by atoms with van der Waals surface area (Å²) in [6.07, 6.45) is 8.05. The minimum absolute atomic E-state index is 0.00750. The molecule has 0 radical (unpaired) electrons. The highest BCUT2D eigenvalue weighted by atomic mass is 32.2. The van der Waals surface area contributed by atoms with Crippen LogP contribution < -0.4 is 0 Å². The zero-order chi connectivity index (χ0) is 18.2. The van der Waals surface area contributed by atoms with Gasteiger partial charge >= 0.3 is 0 Å². The lowest BCUT2D eigenvalue weighted by atomic mass is 10.2. The van der Waals surface area contributed by atoms with Crippen molar-refractivity contribution in [1.82, 2.24) is 4.90 Å². The molecule has 1 aromatic carbocycles. The van der Waals surface area contributed by atoms with Crippen molar-refractivity contribution in [3.63, 3.8) is 0 Å². The first-order valence-corrected chi connectivity index (χ1v) is 10.5. The van der Waals surface area contributed by atoms with Crippen molar-refractivity contribution in [3.05, 3.63) is 82.5 Å². The molecule has 26 heavy (non-hydrogen) atoms. The van der Waals surface area contributed by atoms with Gasteiger partial charge < -0.3 is 9.32 Å². The Morgan fingerprint density at radius 3 is 2.69 bits per heavy atom. The smallest absolute Gasteiger partial charge is 0.246 e. The Kier molecular flexibility index (Phi) is 6.75. The maximum Gasteiger partial charge on any atom is 0.246 e.